The van der Waals surface area contributed by atoms with Crippen LogP contribution >= 0.6 is 0 Å². The summed E-state index contributed by atoms with van der Waals surface area (Å²) in [5, 5.41) is 10.4. The van der Waals surface area contributed by atoms with Crippen LogP contribution in [0.1, 0.15) is 16.7 Å². The fraction of sp³-hybridized carbons (Fsp3) is 0.368. The zero-order valence-corrected chi connectivity index (χ0v) is 17.6. The molecule has 1 saturated heterocycles. The Morgan fingerprint density at radius 1 is 1.00 bits per heavy atom. The number of hydrogen-bond acceptors (Lipinski definition) is 6. The van der Waals surface area contributed by atoms with Gasteiger partial charge in [-0.15, -0.1) is 0 Å². The Hall–Kier alpha value is -2.10. The molecule has 0 aliphatic carbocycles. The summed E-state index contributed by atoms with van der Waals surface area (Å²) in [4.78, 5) is 0.0870. The maximum Gasteiger partial charge on any atom is 0.264 e. The van der Waals surface area contributed by atoms with Gasteiger partial charge in [0, 0.05) is 5.69 Å². The molecule has 152 valence electrons. The average Bonchev–Trinajstić information content (AvgIpc) is 2.85. The maximum absolute atomic E-state index is 13.6. The van der Waals surface area contributed by atoms with Gasteiger partial charge in [-0.25, -0.2) is 16.8 Å². The van der Waals surface area contributed by atoms with Gasteiger partial charge < -0.3 is 10.8 Å². The van der Waals surface area contributed by atoms with Gasteiger partial charge in [-0.1, -0.05) is 6.07 Å². The normalized spacial score (nSPS) is 21.6. The molecule has 0 bridgehead atoms. The maximum atomic E-state index is 13.6. The van der Waals surface area contributed by atoms with Gasteiger partial charge in [0.1, 0.15) is 0 Å². The first-order chi connectivity index (χ1) is 12.9. The molecule has 0 spiro atoms. The number of aliphatic hydroxyl groups excluding tert-OH is 1. The molecular weight excluding hydrogens is 400 g/mol. The molecule has 2 aromatic carbocycles. The molecule has 9 heteroatoms. The minimum absolute atomic E-state index is 0.0870. The number of anilines is 2. The van der Waals surface area contributed by atoms with E-state index in [1.807, 2.05) is 13.8 Å². The van der Waals surface area contributed by atoms with Crippen molar-refractivity contribution < 1.29 is 21.9 Å². The number of nitrogens with zero attached hydrogens (tertiary/aromatic N) is 1. The highest BCUT2D eigenvalue weighted by atomic mass is 32.2. The van der Waals surface area contributed by atoms with Crippen molar-refractivity contribution in [2.45, 2.75) is 37.8 Å². The lowest BCUT2D eigenvalue weighted by atomic mass is 10.1. The number of rotatable bonds is 4. The van der Waals surface area contributed by atoms with E-state index in [4.69, 9.17) is 5.73 Å². The minimum atomic E-state index is -4.14. The molecule has 0 unspecified atom stereocenters. The van der Waals surface area contributed by atoms with Crippen LogP contribution in [-0.4, -0.2) is 45.6 Å². The van der Waals surface area contributed by atoms with Gasteiger partial charge in [-0.2, -0.15) is 0 Å². The van der Waals surface area contributed by atoms with E-state index in [2.05, 4.69) is 0 Å². The number of nitrogens with two attached hydrogens (primary N) is 1. The smallest absolute Gasteiger partial charge is 0.264 e. The Bertz CT molecular complexity index is 1110. The Labute approximate surface area is 165 Å². The first-order valence-electron chi connectivity index (χ1n) is 8.79. The molecule has 3 N–H and O–H groups in total. The van der Waals surface area contributed by atoms with Crippen molar-refractivity contribution >= 4 is 31.2 Å². The predicted octanol–water partition coefficient (Wildman–Crippen LogP) is 1.55. The number of nitrogen functional groups attached to an aromatic ring is 1. The summed E-state index contributed by atoms with van der Waals surface area (Å²) < 4.78 is 52.4. The molecule has 1 aliphatic heterocycles. The van der Waals surface area contributed by atoms with Gasteiger partial charge in [-0.05, 0) is 67.8 Å². The average molecular weight is 425 g/mol. The zero-order chi connectivity index (χ0) is 20.9. The SMILES string of the molecule is Cc1cc(C)c(S(=O)(=O)N(c2ccc(N)cc2)[C@H]2CS(=O)(=O)C[C@@H]2O)cc1C. The van der Waals surface area contributed by atoms with Gasteiger partial charge in [0.05, 0.1) is 34.2 Å². The standard InChI is InChI=1S/C19H24N2O5S2/c1-12-8-14(3)19(9-13(12)2)28(25,26)21(16-6-4-15(20)5-7-16)17-10-27(23,24)11-18(17)22/h4-9,17-18,22H,10-11,20H2,1-3H3/t17-,18-/m0/s1. The van der Waals surface area contributed by atoms with Crippen molar-refractivity contribution in [1.82, 2.24) is 0 Å². The lowest BCUT2D eigenvalue weighted by Gasteiger charge is -2.32. The van der Waals surface area contributed by atoms with Gasteiger partial charge in [0.15, 0.2) is 9.84 Å². The van der Waals surface area contributed by atoms with Gasteiger partial charge >= 0.3 is 0 Å². The Morgan fingerprint density at radius 3 is 2.11 bits per heavy atom. The Kier molecular flexibility index (Phi) is 5.20. The zero-order valence-electron chi connectivity index (χ0n) is 16.0. The summed E-state index contributed by atoms with van der Waals surface area (Å²) in [7, 11) is -7.69. The first-order valence-corrected chi connectivity index (χ1v) is 12.0. The molecule has 1 aliphatic rings. The van der Waals surface area contributed by atoms with Crippen LogP contribution in [0.2, 0.25) is 0 Å². The van der Waals surface area contributed by atoms with Gasteiger partial charge in [0.25, 0.3) is 10.0 Å². The second-order valence-electron chi connectivity index (χ2n) is 7.31. The highest BCUT2D eigenvalue weighted by Crippen LogP contribution is 2.33. The van der Waals surface area contributed by atoms with Crippen molar-refractivity contribution in [3.05, 3.63) is 53.1 Å². The molecular formula is C19H24N2O5S2. The number of sulfone groups is 1. The number of aryl methyl sites for hydroxylation is 3. The van der Waals surface area contributed by atoms with Crippen molar-refractivity contribution in [3.63, 3.8) is 0 Å². The summed E-state index contributed by atoms with van der Waals surface area (Å²) in [5.74, 6) is -0.910. The summed E-state index contributed by atoms with van der Waals surface area (Å²) in [6.07, 6.45) is -1.32. The van der Waals surface area contributed by atoms with E-state index in [1.165, 1.54) is 12.1 Å². The molecule has 1 heterocycles. The highest BCUT2D eigenvalue weighted by molar-refractivity contribution is 7.93. The van der Waals surface area contributed by atoms with E-state index >= 15 is 0 Å². The molecule has 0 aromatic heterocycles. The van der Waals surface area contributed by atoms with Crippen molar-refractivity contribution in [2.75, 3.05) is 21.5 Å². The molecule has 28 heavy (non-hydrogen) atoms. The number of benzene rings is 2. The van der Waals surface area contributed by atoms with E-state index in [0.717, 1.165) is 15.4 Å². The van der Waals surface area contributed by atoms with Crippen LogP contribution in [0, 0.1) is 20.8 Å². The first kappa shape index (κ1) is 20.6. The lowest BCUT2D eigenvalue weighted by molar-refractivity contribution is 0.184. The fourth-order valence-electron chi connectivity index (χ4n) is 3.48. The quantitative estimate of drug-likeness (QED) is 0.719. The van der Waals surface area contributed by atoms with E-state index in [0.29, 0.717) is 11.3 Å². The Morgan fingerprint density at radius 2 is 1.57 bits per heavy atom. The second kappa shape index (κ2) is 7.06. The Balaban J connectivity index is 2.21. The molecule has 0 amide bonds. The third-order valence-corrected chi connectivity index (χ3v) is 8.76. The third kappa shape index (κ3) is 3.74. The van der Waals surface area contributed by atoms with Crippen LogP contribution in [0.3, 0.4) is 0 Å². The summed E-state index contributed by atoms with van der Waals surface area (Å²) >= 11 is 0. The predicted molar refractivity (Wildman–Crippen MR) is 110 cm³/mol. The molecule has 2 aromatic rings. The molecule has 0 radical (unpaired) electrons. The molecule has 7 nitrogen and oxygen atoms in total. The highest BCUT2D eigenvalue weighted by Gasteiger charge is 2.45. The lowest BCUT2D eigenvalue weighted by Crippen LogP contribution is -2.47. The fourth-order valence-corrected chi connectivity index (χ4v) is 7.32. The molecule has 3 rings (SSSR count). The molecule has 1 fully saturated rings. The van der Waals surface area contributed by atoms with Crippen molar-refractivity contribution in [2.24, 2.45) is 0 Å². The van der Waals surface area contributed by atoms with Gasteiger partial charge in [0.2, 0.25) is 0 Å². The van der Waals surface area contributed by atoms with Crippen LogP contribution in [0.25, 0.3) is 0 Å². The number of sulfonamides is 1. The van der Waals surface area contributed by atoms with E-state index < -0.39 is 43.5 Å². The van der Waals surface area contributed by atoms with Crippen LogP contribution in [-0.2, 0) is 19.9 Å². The molecule has 2 atom stereocenters. The van der Waals surface area contributed by atoms with Gasteiger partial charge in [-0.3, -0.25) is 4.31 Å². The van der Waals surface area contributed by atoms with E-state index in [1.54, 1.807) is 31.2 Å². The van der Waals surface area contributed by atoms with Crippen LogP contribution < -0.4 is 10.0 Å². The van der Waals surface area contributed by atoms with E-state index in [-0.39, 0.29) is 10.6 Å². The van der Waals surface area contributed by atoms with Crippen molar-refractivity contribution in [3.8, 4) is 0 Å². The topological polar surface area (TPSA) is 118 Å². The molecule has 0 saturated carbocycles. The largest absolute Gasteiger partial charge is 0.399 e. The van der Waals surface area contributed by atoms with Crippen LogP contribution in [0.5, 0.6) is 0 Å². The van der Waals surface area contributed by atoms with Crippen LogP contribution in [0.4, 0.5) is 11.4 Å². The van der Waals surface area contributed by atoms with E-state index in [9.17, 15) is 21.9 Å². The minimum Gasteiger partial charge on any atom is -0.399 e. The van der Waals surface area contributed by atoms with Crippen LogP contribution in [0.15, 0.2) is 41.3 Å². The number of hydrogen-bond donors (Lipinski definition) is 2. The summed E-state index contributed by atoms with van der Waals surface area (Å²) in [6, 6.07) is 8.37. The summed E-state index contributed by atoms with van der Waals surface area (Å²) in [6.45, 7) is 5.41. The third-order valence-electron chi connectivity index (χ3n) is 5.07. The summed E-state index contributed by atoms with van der Waals surface area (Å²) in [5.41, 5.74) is 8.74. The monoisotopic (exact) mass is 424 g/mol. The number of aliphatic hydroxyl groups is 1. The van der Waals surface area contributed by atoms with Crippen molar-refractivity contribution in [1.29, 1.82) is 0 Å². The second-order valence-corrected chi connectivity index (χ2v) is 11.2.